The molecule has 2 unspecified atom stereocenters. The molecule has 0 saturated carbocycles. The first kappa shape index (κ1) is 17.9. The van der Waals surface area contributed by atoms with Crippen molar-refractivity contribution in [3.05, 3.63) is 29.8 Å². The van der Waals surface area contributed by atoms with Crippen LogP contribution in [0.3, 0.4) is 0 Å². The second-order valence-electron chi connectivity index (χ2n) is 5.24. The number of carbonyl (C=O) groups is 3. The third-order valence-electron chi connectivity index (χ3n) is 3.55. The summed E-state index contributed by atoms with van der Waals surface area (Å²) in [7, 11) is 0. The Labute approximate surface area is 134 Å². The van der Waals surface area contributed by atoms with Crippen LogP contribution in [0, 0.1) is 5.92 Å². The molecule has 4 amide bonds. The first-order chi connectivity index (χ1) is 9.86. The Hall–Kier alpha value is -2.12. The molecular formula is C14H19ClN4O3. The molecule has 0 spiro atoms. The molecule has 1 aromatic carbocycles. The van der Waals surface area contributed by atoms with E-state index in [1.165, 1.54) is 0 Å². The maximum atomic E-state index is 11.9. The largest absolute Gasteiger partial charge is 0.330 e. The standard InChI is InChI=1S/C14H18N4O3.ClH/c1-8(7-15)11(19)16-10-5-3-4-9(6-10)14(2)12(20)17-13(21)18-14;/h3-6,8H,7,15H2,1-2H3,(H,16,19)(H2,17,18,20,21);1H. The van der Waals surface area contributed by atoms with Crippen LogP contribution in [0.15, 0.2) is 24.3 Å². The Kier molecular flexibility index (Phi) is 5.51. The zero-order valence-corrected chi connectivity index (χ0v) is 13.1. The molecule has 1 saturated heterocycles. The predicted molar refractivity (Wildman–Crippen MR) is 84.6 cm³/mol. The molecule has 0 aromatic heterocycles. The van der Waals surface area contributed by atoms with E-state index in [1.54, 1.807) is 38.1 Å². The van der Waals surface area contributed by atoms with E-state index in [4.69, 9.17) is 5.73 Å². The molecule has 8 heteroatoms. The van der Waals surface area contributed by atoms with Crippen LogP contribution in [0.4, 0.5) is 10.5 Å². The lowest BCUT2D eigenvalue weighted by Gasteiger charge is -2.22. The third kappa shape index (κ3) is 3.37. The molecule has 0 radical (unpaired) electrons. The number of imide groups is 1. The monoisotopic (exact) mass is 326 g/mol. The maximum Gasteiger partial charge on any atom is 0.322 e. The maximum absolute atomic E-state index is 11.9. The fourth-order valence-corrected chi connectivity index (χ4v) is 2.03. The van der Waals surface area contributed by atoms with Gasteiger partial charge in [0.15, 0.2) is 0 Å². The van der Waals surface area contributed by atoms with Crippen molar-refractivity contribution in [3.8, 4) is 0 Å². The predicted octanol–water partition coefficient (Wildman–Crippen LogP) is 0.696. The van der Waals surface area contributed by atoms with Crippen LogP contribution in [-0.4, -0.2) is 24.4 Å². The van der Waals surface area contributed by atoms with Gasteiger partial charge < -0.3 is 16.4 Å². The van der Waals surface area contributed by atoms with Crippen LogP contribution in [0.2, 0.25) is 0 Å². The molecule has 1 aromatic rings. The van der Waals surface area contributed by atoms with Gasteiger partial charge in [0.05, 0.1) is 0 Å². The number of anilines is 1. The molecule has 7 nitrogen and oxygen atoms in total. The van der Waals surface area contributed by atoms with Gasteiger partial charge in [-0.2, -0.15) is 0 Å². The summed E-state index contributed by atoms with van der Waals surface area (Å²) in [6, 6.07) is 6.26. The Balaban J connectivity index is 0.00000242. The molecule has 0 bridgehead atoms. The topological polar surface area (TPSA) is 113 Å². The van der Waals surface area contributed by atoms with E-state index in [0.717, 1.165) is 0 Å². The molecule has 1 aliphatic rings. The summed E-state index contributed by atoms with van der Waals surface area (Å²) in [5.74, 6) is -0.926. The molecule has 0 aliphatic carbocycles. The second-order valence-corrected chi connectivity index (χ2v) is 5.24. The number of rotatable bonds is 4. The van der Waals surface area contributed by atoms with Crippen molar-refractivity contribution in [2.24, 2.45) is 11.7 Å². The summed E-state index contributed by atoms with van der Waals surface area (Å²) < 4.78 is 0. The van der Waals surface area contributed by atoms with E-state index < -0.39 is 17.5 Å². The van der Waals surface area contributed by atoms with Crippen molar-refractivity contribution in [2.75, 3.05) is 11.9 Å². The van der Waals surface area contributed by atoms with Gasteiger partial charge in [-0.3, -0.25) is 14.9 Å². The molecule has 1 aliphatic heterocycles. The summed E-state index contributed by atoms with van der Waals surface area (Å²) >= 11 is 0. The van der Waals surface area contributed by atoms with Crippen LogP contribution >= 0.6 is 12.4 Å². The Morgan fingerprint density at radius 3 is 2.64 bits per heavy atom. The molecule has 22 heavy (non-hydrogen) atoms. The summed E-state index contributed by atoms with van der Waals surface area (Å²) in [5, 5.41) is 7.52. The summed E-state index contributed by atoms with van der Waals surface area (Å²) in [6.07, 6.45) is 0. The van der Waals surface area contributed by atoms with Crippen molar-refractivity contribution >= 4 is 35.9 Å². The van der Waals surface area contributed by atoms with Gasteiger partial charge in [0, 0.05) is 18.2 Å². The minimum atomic E-state index is -1.14. The van der Waals surface area contributed by atoms with Crippen molar-refractivity contribution in [1.82, 2.24) is 10.6 Å². The summed E-state index contributed by atoms with van der Waals surface area (Å²) in [5.41, 5.74) is 5.44. The van der Waals surface area contributed by atoms with Crippen molar-refractivity contribution in [1.29, 1.82) is 0 Å². The Morgan fingerprint density at radius 1 is 1.41 bits per heavy atom. The average molecular weight is 327 g/mol. The van der Waals surface area contributed by atoms with Crippen LogP contribution in [-0.2, 0) is 15.1 Å². The average Bonchev–Trinajstić information content (AvgIpc) is 2.72. The smallest absolute Gasteiger partial charge is 0.322 e. The van der Waals surface area contributed by atoms with E-state index in [-0.39, 0.29) is 30.8 Å². The van der Waals surface area contributed by atoms with Gasteiger partial charge in [-0.25, -0.2) is 4.79 Å². The minimum Gasteiger partial charge on any atom is -0.330 e. The molecular weight excluding hydrogens is 308 g/mol. The number of hydrogen-bond acceptors (Lipinski definition) is 4. The SMILES string of the molecule is CC(CN)C(=O)Nc1cccc(C2(C)NC(=O)NC2=O)c1.Cl. The Bertz CT molecular complexity index is 608. The lowest BCUT2D eigenvalue weighted by molar-refractivity contribution is -0.123. The van der Waals surface area contributed by atoms with Crippen molar-refractivity contribution < 1.29 is 14.4 Å². The fourth-order valence-electron chi connectivity index (χ4n) is 2.03. The van der Waals surface area contributed by atoms with Crippen LogP contribution in [0.1, 0.15) is 19.4 Å². The molecule has 1 fully saturated rings. The molecule has 120 valence electrons. The highest BCUT2D eigenvalue weighted by atomic mass is 35.5. The second kappa shape index (κ2) is 6.76. The van der Waals surface area contributed by atoms with Gasteiger partial charge in [0.25, 0.3) is 5.91 Å². The van der Waals surface area contributed by atoms with Gasteiger partial charge in [0.2, 0.25) is 5.91 Å². The van der Waals surface area contributed by atoms with Crippen LogP contribution in [0.5, 0.6) is 0 Å². The third-order valence-corrected chi connectivity index (χ3v) is 3.55. The number of carbonyl (C=O) groups excluding carboxylic acids is 3. The molecule has 2 rings (SSSR count). The van der Waals surface area contributed by atoms with Crippen molar-refractivity contribution in [3.63, 3.8) is 0 Å². The first-order valence-electron chi connectivity index (χ1n) is 6.62. The Morgan fingerprint density at radius 2 is 2.09 bits per heavy atom. The molecule has 1 heterocycles. The summed E-state index contributed by atoms with van der Waals surface area (Å²) in [4.78, 5) is 35.0. The van der Waals surface area contributed by atoms with Crippen LogP contribution in [0.25, 0.3) is 0 Å². The number of nitrogens with two attached hydrogens (primary N) is 1. The number of halogens is 1. The van der Waals surface area contributed by atoms with E-state index in [9.17, 15) is 14.4 Å². The normalized spacial score (nSPS) is 21.4. The quantitative estimate of drug-likeness (QED) is 0.610. The van der Waals surface area contributed by atoms with Gasteiger partial charge >= 0.3 is 6.03 Å². The van der Waals surface area contributed by atoms with Gasteiger partial charge in [-0.05, 0) is 24.6 Å². The number of hydrogen-bond donors (Lipinski definition) is 4. The van der Waals surface area contributed by atoms with E-state index in [1.807, 2.05) is 0 Å². The van der Waals surface area contributed by atoms with Crippen LogP contribution < -0.4 is 21.7 Å². The van der Waals surface area contributed by atoms with E-state index in [0.29, 0.717) is 11.3 Å². The number of nitrogens with one attached hydrogen (secondary N) is 3. The highest BCUT2D eigenvalue weighted by molar-refractivity contribution is 6.07. The number of benzene rings is 1. The summed E-state index contributed by atoms with van der Waals surface area (Å²) in [6.45, 7) is 3.59. The van der Waals surface area contributed by atoms with Gasteiger partial charge in [0.1, 0.15) is 5.54 Å². The van der Waals surface area contributed by atoms with Crippen molar-refractivity contribution in [2.45, 2.75) is 19.4 Å². The lowest BCUT2D eigenvalue weighted by atomic mass is 9.92. The molecule has 2 atom stereocenters. The van der Waals surface area contributed by atoms with Gasteiger partial charge in [-0.1, -0.05) is 19.1 Å². The van der Waals surface area contributed by atoms with Gasteiger partial charge in [-0.15, -0.1) is 12.4 Å². The highest BCUT2D eigenvalue weighted by Crippen LogP contribution is 2.26. The number of urea groups is 1. The molecule has 5 N–H and O–H groups in total. The zero-order chi connectivity index (χ0) is 15.6. The highest BCUT2D eigenvalue weighted by Gasteiger charge is 2.43. The lowest BCUT2D eigenvalue weighted by Crippen LogP contribution is -2.40. The zero-order valence-electron chi connectivity index (χ0n) is 12.3. The fraction of sp³-hybridized carbons (Fsp3) is 0.357. The number of amides is 4. The van der Waals surface area contributed by atoms with E-state index >= 15 is 0 Å². The van der Waals surface area contributed by atoms with E-state index in [2.05, 4.69) is 16.0 Å². The minimum absolute atomic E-state index is 0. The first-order valence-corrected chi connectivity index (χ1v) is 6.62.